The van der Waals surface area contributed by atoms with Gasteiger partial charge in [-0.05, 0) is 41.9 Å². The fraction of sp³-hybridized carbons (Fsp3) is 0.538. The summed E-state index contributed by atoms with van der Waals surface area (Å²) in [6.45, 7) is 5.35. The lowest BCUT2D eigenvalue weighted by Gasteiger charge is -2.33. The summed E-state index contributed by atoms with van der Waals surface area (Å²) in [5.74, 6) is -0.285. The second-order valence-electron chi connectivity index (χ2n) is 4.76. The molecule has 0 saturated carbocycles. The largest absolute Gasteiger partial charge is 0.375 e. The number of nitrogens with zero attached hydrogens (tertiary/aromatic N) is 1. The summed E-state index contributed by atoms with van der Waals surface area (Å²) in [7, 11) is 0. The highest BCUT2D eigenvalue weighted by atomic mass is 79.9. The molecule has 2 amide bonds. The van der Waals surface area contributed by atoms with Gasteiger partial charge in [0.05, 0.1) is 21.4 Å². The molecule has 1 aromatic heterocycles. The lowest BCUT2D eigenvalue weighted by atomic mass is 10.2. The monoisotopic (exact) mass is 360 g/mol. The van der Waals surface area contributed by atoms with E-state index in [1.165, 1.54) is 11.3 Å². The fourth-order valence-electron chi connectivity index (χ4n) is 2.06. The van der Waals surface area contributed by atoms with Crippen molar-refractivity contribution in [1.29, 1.82) is 0 Å². The van der Waals surface area contributed by atoms with Gasteiger partial charge in [-0.15, -0.1) is 11.3 Å². The topological polar surface area (TPSA) is 58.6 Å². The van der Waals surface area contributed by atoms with Gasteiger partial charge >= 0.3 is 0 Å². The lowest BCUT2D eigenvalue weighted by molar-refractivity contribution is -0.139. The van der Waals surface area contributed by atoms with Gasteiger partial charge in [0.25, 0.3) is 5.91 Å². The van der Waals surface area contributed by atoms with Gasteiger partial charge < -0.3 is 15.0 Å². The Balaban J connectivity index is 1.92. The summed E-state index contributed by atoms with van der Waals surface area (Å²) < 4.78 is 6.30. The molecule has 2 heterocycles. The van der Waals surface area contributed by atoms with Crippen molar-refractivity contribution in [3.05, 3.63) is 20.8 Å². The number of carbonyl (C=O) groups excluding carboxylic acids is 2. The third-order valence-corrected chi connectivity index (χ3v) is 4.69. The smallest absolute Gasteiger partial charge is 0.262 e. The first kappa shape index (κ1) is 15.5. The number of hydrogen-bond acceptors (Lipinski definition) is 4. The van der Waals surface area contributed by atoms with Gasteiger partial charge in [-0.2, -0.15) is 0 Å². The SMILES string of the molecule is C[C@@H]1CN(C(=O)[C@H](C)NC(=O)c2ccc(Br)s2)CCO1. The molecule has 110 valence electrons. The van der Waals surface area contributed by atoms with Crippen LogP contribution < -0.4 is 5.32 Å². The molecule has 2 atom stereocenters. The summed E-state index contributed by atoms with van der Waals surface area (Å²) in [5, 5.41) is 2.74. The predicted octanol–water partition coefficient (Wildman–Crippen LogP) is 1.88. The highest BCUT2D eigenvalue weighted by molar-refractivity contribution is 9.11. The van der Waals surface area contributed by atoms with Crippen molar-refractivity contribution < 1.29 is 14.3 Å². The van der Waals surface area contributed by atoms with Crippen molar-refractivity contribution in [3.63, 3.8) is 0 Å². The van der Waals surface area contributed by atoms with Crippen molar-refractivity contribution in [3.8, 4) is 0 Å². The molecule has 1 aliphatic heterocycles. The first-order chi connectivity index (χ1) is 9.47. The summed E-state index contributed by atoms with van der Waals surface area (Å²) in [6.07, 6.45) is 0.0452. The maximum atomic E-state index is 12.3. The molecule has 0 aliphatic carbocycles. The van der Waals surface area contributed by atoms with Gasteiger partial charge in [0.15, 0.2) is 0 Å². The zero-order valence-corrected chi connectivity index (χ0v) is 13.8. The quantitative estimate of drug-likeness (QED) is 0.894. The minimum Gasteiger partial charge on any atom is -0.375 e. The third-order valence-electron chi connectivity index (χ3n) is 3.07. The van der Waals surface area contributed by atoms with Gasteiger partial charge in [0.2, 0.25) is 5.91 Å². The number of amides is 2. The molecule has 2 rings (SSSR count). The molecule has 1 saturated heterocycles. The summed E-state index contributed by atoms with van der Waals surface area (Å²) in [5.41, 5.74) is 0. The molecular formula is C13H17BrN2O3S. The Labute approximate surface area is 130 Å². The first-order valence-electron chi connectivity index (χ1n) is 6.44. The molecule has 20 heavy (non-hydrogen) atoms. The van der Waals surface area contributed by atoms with Crippen LogP contribution in [0.15, 0.2) is 15.9 Å². The molecule has 1 aromatic rings. The molecule has 0 bridgehead atoms. The number of nitrogens with one attached hydrogen (secondary N) is 1. The highest BCUT2D eigenvalue weighted by Crippen LogP contribution is 2.22. The van der Waals surface area contributed by atoms with Crippen LogP contribution in [0.3, 0.4) is 0 Å². The number of thiophene rings is 1. The highest BCUT2D eigenvalue weighted by Gasteiger charge is 2.26. The van der Waals surface area contributed by atoms with E-state index >= 15 is 0 Å². The molecule has 0 spiro atoms. The van der Waals surface area contributed by atoms with Crippen LogP contribution in [0.25, 0.3) is 0 Å². The predicted molar refractivity (Wildman–Crippen MR) is 80.9 cm³/mol. The summed E-state index contributed by atoms with van der Waals surface area (Å²) in [4.78, 5) is 26.6. The van der Waals surface area contributed by atoms with Crippen LogP contribution in [-0.4, -0.2) is 48.6 Å². The van der Waals surface area contributed by atoms with Crippen LogP contribution >= 0.6 is 27.3 Å². The molecule has 1 fully saturated rings. The molecule has 0 unspecified atom stereocenters. The van der Waals surface area contributed by atoms with Crippen molar-refractivity contribution in [1.82, 2.24) is 10.2 Å². The second kappa shape index (κ2) is 6.69. The fourth-order valence-corrected chi connectivity index (χ4v) is 3.35. The minimum absolute atomic E-state index is 0.0452. The molecule has 1 N–H and O–H groups in total. The van der Waals surface area contributed by atoms with E-state index in [1.54, 1.807) is 17.9 Å². The number of carbonyl (C=O) groups is 2. The number of morpholine rings is 1. The number of rotatable bonds is 3. The van der Waals surface area contributed by atoms with Crippen molar-refractivity contribution in [2.24, 2.45) is 0 Å². The van der Waals surface area contributed by atoms with Gasteiger partial charge in [-0.25, -0.2) is 0 Å². The average molecular weight is 361 g/mol. The van der Waals surface area contributed by atoms with Crippen LogP contribution in [0.4, 0.5) is 0 Å². The molecule has 5 nitrogen and oxygen atoms in total. The Bertz CT molecular complexity index is 506. The van der Waals surface area contributed by atoms with Crippen molar-refractivity contribution in [2.45, 2.75) is 26.0 Å². The van der Waals surface area contributed by atoms with Crippen LogP contribution in [0.1, 0.15) is 23.5 Å². The molecular weight excluding hydrogens is 344 g/mol. The zero-order chi connectivity index (χ0) is 14.7. The zero-order valence-electron chi connectivity index (χ0n) is 11.4. The summed E-state index contributed by atoms with van der Waals surface area (Å²) >= 11 is 4.66. The van der Waals surface area contributed by atoms with E-state index < -0.39 is 6.04 Å². The Morgan fingerprint density at radius 1 is 1.55 bits per heavy atom. The van der Waals surface area contributed by atoms with Crippen molar-refractivity contribution in [2.75, 3.05) is 19.7 Å². The van der Waals surface area contributed by atoms with Crippen LogP contribution in [0.2, 0.25) is 0 Å². The Hall–Kier alpha value is -0.920. The molecule has 0 aromatic carbocycles. The normalized spacial score (nSPS) is 20.6. The number of hydrogen-bond donors (Lipinski definition) is 1. The minimum atomic E-state index is -0.534. The average Bonchev–Trinajstić information content (AvgIpc) is 2.84. The Morgan fingerprint density at radius 2 is 2.30 bits per heavy atom. The van der Waals surface area contributed by atoms with Gasteiger partial charge in [0, 0.05) is 13.1 Å². The van der Waals surface area contributed by atoms with E-state index in [4.69, 9.17) is 4.74 Å². The van der Waals surface area contributed by atoms with Gasteiger partial charge in [0.1, 0.15) is 6.04 Å². The molecule has 0 radical (unpaired) electrons. The van der Waals surface area contributed by atoms with E-state index in [1.807, 2.05) is 13.0 Å². The van der Waals surface area contributed by atoms with Crippen LogP contribution in [0, 0.1) is 0 Å². The first-order valence-corrected chi connectivity index (χ1v) is 8.05. The molecule has 1 aliphatic rings. The van der Waals surface area contributed by atoms with Crippen molar-refractivity contribution >= 4 is 39.1 Å². The summed E-state index contributed by atoms with van der Waals surface area (Å²) in [6, 6.07) is 3.02. The Morgan fingerprint density at radius 3 is 2.90 bits per heavy atom. The number of halogens is 1. The van der Waals surface area contributed by atoms with Gasteiger partial charge in [-0.1, -0.05) is 0 Å². The van der Waals surface area contributed by atoms with Gasteiger partial charge in [-0.3, -0.25) is 9.59 Å². The molecule has 7 heteroatoms. The lowest BCUT2D eigenvalue weighted by Crippen LogP contribution is -2.52. The third kappa shape index (κ3) is 3.80. The number of ether oxygens (including phenoxy) is 1. The van der Waals surface area contributed by atoms with E-state index in [2.05, 4.69) is 21.2 Å². The van der Waals surface area contributed by atoms with E-state index in [0.29, 0.717) is 24.6 Å². The second-order valence-corrected chi connectivity index (χ2v) is 7.23. The maximum Gasteiger partial charge on any atom is 0.262 e. The van der Waals surface area contributed by atoms with E-state index in [-0.39, 0.29) is 17.9 Å². The van der Waals surface area contributed by atoms with Crippen LogP contribution in [-0.2, 0) is 9.53 Å². The van der Waals surface area contributed by atoms with E-state index in [0.717, 1.165) is 3.79 Å². The van der Waals surface area contributed by atoms with E-state index in [9.17, 15) is 9.59 Å². The maximum absolute atomic E-state index is 12.3. The Kier molecular flexibility index (Phi) is 5.17. The van der Waals surface area contributed by atoms with Crippen LogP contribution in [0.5, 0.6) is 0 Å². The standard InChI is InChI=1S/C13H17BrN2O3S/c1-8-7-16(5-6-19-8)13(18)9(2)15-12(17)10-3-4-11(14)20-10/h3-4,8-9H,5-7H2,1-2H3,(H,15,17)/t8-,9+/m1/s1.